The molecule has 1 amide bonds. The van der Waals surface area contributed by atoms with Gasteiger partial charge in [-0.25, -0.2) is 0 Å². The first-order valence-electron chi connectivity index (χ1n) is 7.30. The summed E-state index contributed by atoms with van der Waals surface area (Å²) < 4.78 is 0. The van der Waals surface area contributed by atoms with Gasteiger partial charge in [0, 0.05) is 11.7 Å². The minimum Gasteiger partial charge on any atom is -0.346 e. The summed E-state index contributed by atoms with van der Waals surface area (Å²) in [4.78, 5) is 27.0. The van der Waals surface area contributed by atoms with Crippen LogP contribution in [0.3, 0.4) is 0 Å². The van der Waals surface area contributed by atoms with Crippen LogP contribution in [0.1, 0.15) is 54.2 Å². The second kappa shape index (κ2) is 6.48. The Hall–Kier alpha value is -1.55. The van der Waals surface area contributed by atoms with Crippen molar-refractivity contribution in [2.45, 2.75) is 52.5 Å². The summed E-state index contributed by atoms with van der Waals surface area (Å²) in [7, 11) is 0. The highest BCUT2D eigenvalue weighted by Crippen LogP contribution is 2.21. The molecule has 0 radical (unpaired) electrons. The lowest BCUT2D eigenvalue weighted by molar-refractivity contribution is 0.0942. The molecule has 1 aliphatic rings. The zero-order chi connectivity index (χ0) is 15.6. The summed E-state index contributed by atoms with van der Waals surface area (Å²) in [5.41, 5.74) is 2.06. The Bertz CT molecular complexity index is 646. The summed E-state index contributed by atoms with van der Waals surface area (Å²) in [6, 6.07) is -0.0586. The van der Waals surface area contributed by atoms with E-state index in [4.69, 9.17) is 11.6 Å². The van der Waals surface area contributed by atoms with Gasteiger partial charge in [0.05, 0.1) is 5.02 Å². The molecular weight excluding hydrogens is 288 g/mol. The molecule has 0 saturated heterocycles. The maximum Gasteiger partial charge on any atom is 0.261 e. The molecule has 5 heteroatoms. The SMILES string of the molecule is Cc1[nH]c(=O)c(C(=O)N[C@H](C)C2=CCCCC2)c(C)c1Cl. The number of hydrogen-bond acceptors (Lipinski definition) is 2. The number of aryl methyl sites for hydroxylation is 1. The number of pyridine rings is 1. The van der Waals surface area contributed by atoms with Gasteiger partial charge in [-0.2, -0.15) is 0 Å². The third-order valence-corrected chi connectivity index (χ3v) is 4.59. The largest absolute Gasteiger partial charge is 0.346 e. The van der Waals surface area contributed by atoms with E-state index < -0.39 is 5.56 Å². The highest BCUT2D eigenvalue weighted by atomic mass is 35.5. The molecule has 0 unspecified atom stereocenters. The van der Waals surface area contributed by atoms with E-state index in [9.17, 15) is 9.59 Å². The molecule has 1 aromatic rings. The zero-order valence-corrected chi connectivity index (χ0v) is 13.4. The van der Waals surface area contributed by atoms with Crippen LogP contribution in [0.15, 0.2) is 16.4 Å². The maximum atomic E-state index is 12.4. The minimum absolute atomic E-state index is 0.0586. The van der Waals surface area contributed by atoms with Crippen molar-refractivity contribution in [3.63, 3.8) is 0 Å². The molecular formula is C16H21ClN2O2. The van der Waals surface area contributed by atoms with Gasteiger partial charge in [-0.05, 0) is 52.0 Å². The Kier molecular flexibility index (Phi) is 4.88. The van der Waals surface area contributed by atoms with Crippen LogP contribution < -0.4 is 10.9 Å². The van der Waals surface area contributed by atoms with E-state index >= 15 is 0 Å². The first kappa shape index (κ1) is 15.8. The van der Waals surface area contributed by atoms with Crippen LogP contribution in [0.4, 0.5) is 0 Å². The molecule has 0 fully saturated rings. The second-order valence-corrected chi connectivity index (χ2v) is 5.99. The van der Waals surface area contributed by atoms with E-state index in [2.05, 4.69) is 16.4 Å². The quantitative estimate of drug-likeness (QED) is 0.842. The fraction of sp³-hybridized carbons (Fsp3) is 0.500. The van der Waals surface area contributed by atoms with Crippen molar-refractivity contribution in [1.82, 2.24) is 10.3 Å². The van der Waals surface area contributed by atoms with Gasteiger partial charge in [0.15, 0.2) is 0 Å². The van der Waals surface area contributed by atoms with Gasteiger partial charge in [0.2, 0.25) is 0 Å². The van der Waals surface area contributed by atoms with Crippen LogP contribution in [0.2, 0.25) is 5.02 Å². The van der Waals surface area contributed by atoms with Gasteiger partial charge in [-0.1, -0.05) is 23.3 Å². The number of nitrogens with one attached hydrogen (secondary N) is 2. The number of rotatable bonds is 3. The van der Waals surface area contributed by atoms with Crippen molar-refractivity contribution < 1.29 is 4.79 Å². The summed E-state index contributed by atoms with van der Waals surface area (Å²) in [5.74, 6) is -0.366. The third-order valence-electron chi connectivity index (χ3n) is 4.02. The monoisotopic (exact) mass is 308 g/mol. The lowest BCUT2D eigenvalue weighted by Crippen LogP contribution is -2.38. The molecule has 0 spiro atoms. The highest BCUT2D eigenvalue weighted by molar-refractivity contribution is 6.32. The van der Waals surface area contributed by atoms with Crippen LogP contribution in [0.5, 0.6) is 0 Å². The molecule has 0 aliphatic heterocycles. The predicted octanol–water partition coefficient (Wildman–Crippen LogP) is 3.26. The van der Waals surface area contributed by atoms with Crippen molar-refractivity contribution in [1.29, 1.82) is 0 Å². The average Bonchev–Trinajstić information content (AvgIpc) is 2.45. The summed E-state index contributed by atoms with van der Waals surface area (Å²) in [5, 5.41) is 3.34. The van der Waals surface area contributed by atoms with E-state index in [1.807, 2.05) is 6.92 Å². The Balaban J connectivity index is 2.23. The first-order chi connectivity index (χ1) is 9.91. The van der Waals surface area contributed by atoms with Gasteiger partial charge in [-0.3, -0.25) is 9.59 Å². The summed E-state index contributed by atoms with van der Waals surface area (Å²) >= 11 is 6.12. The van der Waals surface area contributed by atoms with E-state index in [0.29, 0.717) is 16.3 Å². The number of carbonyl (C=O) groups is 1. The number of allylic oxidation sites excluding steroid dienone is 1. The molecule has 114 valence electrons. The lowest BCUT2D eigenvalue weighted by atomic mass is 9.94. The fourth-order valence-electron chi connectivity index (χ4n) is 2.74. The molecule has 1 atom stereocenters. The lowest BCUT2D eigenvalue weighted by Gasteiger charge is -2.21. The number of halogens is 1. The van der Waals surface area contributed by atoms with Gasteiger partial charge in [-0.15, -0.1) is 0 Å². The van der Waals surface area contributed by atoms with E-state index in [-0.39, 0.29) is 17.5 Å². The summed E-state index contributed by atoms with van der Waals surface area (Å²) in [6.45, 7) is 5.37. The third kappa shape index (κ3) is 3.38. The maximum absolute atomic E-state index is 12.4. The number of aromatic nitrogens is 1. The number of carbonyl (C=O) groups excluding carboxylic acids is 1. The Morgan fingerprint density at radius 3 is 2.71 bits per heavy atom. The Labute approximate surface area is 129 Å². The molecule has 2 N–H and O–H groups in total. The highest BCUT2D eigenvalue weighted by Gasteiger charge is 2.21. The molecule has 0 saturated carbocycles. The van der Waals surface area contributed by atoms with Crippen LogP contribution in [0.25, 0.3) is 0 Å². The molecule has 0 bridgehead atoms. The Morgan fingerprint density at radius 2 is 2.10 bits per heavy atom. The number of amides is 1. The molecule has 0 aromatic carbocycles. The Morgan fingerprint density at radius 1 is 1.38 bits per heavy atom. The standard InChI is InChI=1S/C16H21ClN2O2/c1-9-13(16(21)19-11(3)14(9)17)15(20)18-10(2)12-7-5-4-6-8-12/h7,10H,4-6,8H2,1-3H3,(H,18,20)(H,19,21)/t10-/m1/s1. The van der Waals surface area contributed by atoms with Gasteiger partial charge in [0.1, 0.15) is 5.56 Å². The molecule has 4 nitrogen and oxygen atoms in total. The smallest absolute Gasteiger partial charge is 0.261 e. The fourth-order valence-corrected chi connectivity index (χ4v) is 2.88. The van der Waals surface area contributed by atoms with E-state index in [0.717, 1.165) is 19.3 Å². The number of hydrogen-bond donors (Lipinski definition) is 2. The zero-order valence-electron chi connectivity index (χ0n) is 12.7. The predicted molar refractivity (Wildman–Crippen MR) is 85.0 cm³/mol. The topological polar surface area (TPSA) is 62.0 Å². The van der Waals surface area contributed by atoms with Crippen molar-refractivity contribution in [3.8, 4) is 0 Å². The number of H-pyrrole nitrogens is 1. The van der Waals surface area contributed by atoms with Gasteiger partial charge in [0.25, 0.3) is 11.5 Å². The molecule has 1 aromatic heterocycles. The average molecular weight is 309 g/mol. The van der Waals surface area contributed by atoms with Gasteiger partial charge >= 0.3 is 0 Å². The van der Waals surface area contributed by atoms with E-state index in [1.54, 1.807) is 13.8 Å². The second-order valence-electron chi connectivity index (χ2n) is 5.61. The van der Waals surface area contributed by atoms with Crippen LogP contribution >= 0.6 is 11.6 Å². The van der Waals surface area contributed by atoms with Crippen molar-refractivity contribution in [2.24, 2.45) is 0 Å². The van der Waals surface area contributed by atoms with Crippen molar-refractivity contribution >= 4 is 17.5 Å². The molecule has 1 heterocycles. The van der Waals surface area contributed by atoms with Crippen LogP contribution in [-0.2, 0) is 0 Å². The first-order valence-corrected chi connectivity index (χ1v) is 7.68. The van der Waals surface area contributed by atoms with E-state index in [1.165, 1.54) is 12.0 Å². The van der Waals surface area contributed by atoms with Gasteiger partial charge < -0.3 is 10.3 Å². The van der Waals surface area contributed by atoms with Crippen LogP contribution in [0, 0.1) is 13.8 Å². The molecule has 2 rings (SSSR count). The number of aromatic amines is 1. The minimum atomic E-state index is -0.392. The normalized spacial score (nSPS) is 16.3. The van der Waals surface area contributed by atoms with Crippen molar-refractivity contribution in [2.75, 3.05) is 0 Å². The van der Waals surface area contributed by atoms with Crippen molar-refractivity contribution in [3.05, 3.63) is 43.8 Å². The summed E-state index contributed by atoms with van der Waals surface area (Å²) in [6.07, 6.45) is 6.61. The molecule has 1 aliphatic carbocycles. The van der Waals surface area contributed by atoms with Crippen LogP contribution in [-0.4, -0.2) is 16.9 Å². The molecule has 21 heavy (non-hydrogen) atoms.